The highest BCUT2D eigenvalue weighted by Crippen LogP contribution is 2.25. The van der Waals surface area contributed by atoms with Gasteiger partial charge in [-0.25, -0.2) is 4.98 Å². The Balaban J connectivity index is 2.34. The topological polar surface area (TPSA) is 66.0 Å². The summed E-state index contributed by atoms with van der Waals surface area (Å²) >= 11 is 0. The second-order valence-corrected chi connectivity index (χ2v) is 5.37. The molecule has 0 saturated carbocycles. The maximum atomic E-state index is 7.61. The van der Waals surface area contributed by atoms with Gasteiger partial charge in [0.2, 0.25) is 0 Å². The van der Waals surface area contributed by atoms with Crippen molar-refractivity contribution in [3.8, 4) is 0 Å². The average Bonchev–Trinajstić information content (AvgIpc) is 2.62. The largest absolute Gasteiger partial charge is 0.384 e. The minimum Gasteiger partial charge on any atom is -0.384 e. The third-order valence-electron chi connectivity index (χ3n) is 3.89. The molecule has 19 heavy (non-hydrogen) atoms. The van der Waals surface area contributed by atoms with E-state index < -0.39 is 0 Å². The van der Waals surface area contributed by atoms with E-state index >= 15 is 0 Å². The van der Waals surface area contributed by atoms with Gasteiger partial charge in [-0.1, -0.05) is 19.8 Å². The van der Waals surface area contributed by atoms with Gasteiger partial charge in [-0.05, 0) is 38.3 Å². The van der Waals surface area contributed by atoms with Crippen LogP contribution in [0.5, 0.6) is 0 Å². The number of amidine groups is 1. The highest BCUT2D eigenvalue weighted by atomic mass is 15.2. The van der Waals surface area contributed by atoms with E-state index in [1.54, 1.807) is 0 Å². The van der Waals surface area contributed by atoms with E-state index in [0.29, 0.717) is 6.04 Å². The van der Waals surface area contributed by atoms with Crippen LogP contribution in [-0.2, 0) is 0 Å². The smallest absolute Gasteiger partial charge is 0.129 e. The zero-order valence-corrected chi connectivity index (χ0v) is 11.9. The molecule has 1 aliphatic heterocycles. The van der Waals surface area contributed by atoms with Crippen molar-refractivity contribution in [2.24, 2.45) is 5.73 Å². The Morgan fingerprint density at radius 1 is 1.42 bits per heavy atom. The molecule has 1 unspecified atom stereocenters. The van der Waals surface area contributed by atoms with Crippen LogP contribution in [0, 0.1) is 12.3 Å². The van der Waals surface area contributed by atoms with E-state index in [0.717, 1.165) is 30.0 Å². The quantitative estimate of drug-likeness (QED) is 0.648. The molecule has 0 spiro atoms. The van der Waals surface area contributed by atoms with Gasteiger partial charge < -0.3 is 10.6 Å². The summed E-state index contributed by atoms with van der Waals surface area (Å²) in [7, 11) is 0. The summed E-state index contributed by atoms with van der Waals surface area (Å²) in [4.78, 5) is 7.06. The molecule has 1 aliphatic rings. The molecule has 0 amide bonds. The first-order valence-corrected chi connectivity index (χ1v) is 7.21. The van der Waals surface area contributed by atoms with Gasteiger partial charge in [0.15, 0.2) is 0 Å². The maximum Gasteiger partial charge on any atom is 0.129 e. The highest BCUT2D eigenvalue weighted by Gasteiger charge is 2.21. The number of nitrogens with one attached hydrogen (secondary N) is 1. The lowest BCUT2D eigenvalue weighted by Crippen LogP contribution is -2.35. The summed E-state index contributed by atoms with van der Waals surface area (Å²) in [6.07, 6.45) is 6.22. The number of nitrogen functional groups attached to an aromatic ring is 1. The molecule has 1 saturated heterocycles. The minimum absolute atomic E-state index is 0.120. The number of anilines is 1. The fourth-order valence-corrected chi connectivity index (χ4v) is 2.86. The second-order valence-electron chi connectivity index (χ2n) is 5.37. The van der Waals surface area contributed by atoms with Crippen molar-refractivity contribution in [1.29, 1.82) is 5.41 Å². The standard InChI is InChI=1S/C15H24N4/c1-3-13-7-5-4-6-8-19(13)14-10-12(15(16)17)9-11(2)18-14/h9-10,13H,3-8H2,1-2H3,(H3,16,17). The summed E-state index contributed by atoms with van der Waals surface area (Å²) in [6, 6.07) is 4.41. The first kappa shape index (κ1) is 13.8. The molecule has 1 atom stereocenters. The lowest BCUT2D eigenvalue weighted by atomic mass is 10.1. The van der Waals surface area contributed by atoms with Crippen LogP contribution in [0.15, 0.2) is 12.1 Å². The number of rotatable bonds is 3. The average molecular weight is 260 g/mol. The van der Waals surface area contributed by atoms with Crippen LogP contribution >= 0.6 is 0 Å². The van der Waals surface area contributed by atoms with Crippen LogP contribution in [0.3, 0.4) is 0 Å². The van der Waals surface area contributed by atoms with E-state index in [4.69, 9.17) is 11.1 Å². The van der Waals surface area contributed by atoms with E-state index in [1.165, 1.54) is 25.7 Å². The zero-order chi connectivity index (χ0) is 13.8. The van der Waals surface area contributed by atoms with Crippen molar-refractivity contribution in [2.75, 3.05) is 11.4 Å². The minimum atomic E-state index is 0.120. The Morgan fingerprint density at radius 2 is 2.21 bits per heavy atom. The summed E-state index contributed by atoms with van der Waals surface area (Å²) in [5.74, 6) is 1.11. The van der Waals surface area contributed by atoms with Crippen LogP contribution in [0.25, 0.3) is 0 Å². The number of hydrogen-bond acceptors (Lipinski definition) is 3. The summed E-state index contributed by atoms with van der Waals surface area (Å²) in [5, 5.41) is 7.61. The number of nitrogens with zero attached hydrogens (tertiary/aromatic N) is 2. The third kappa shape index (κ3) is 3.25. The van der Waals surface area contributed by atoms with Crippen molar-refractivity contribution in [2.45, 2.75) is 52.0 Å². The molecule has 3 N–H and O–H groups in total. The van der Waals surface area contributed by atoms with Gasteiger partial charge in [-0.2, -0.15) is 0 Å². The van der Waals surface area contributed by atoms with Crippen LogP contribution in [0.1, 0.15) is 50.3 Å². The molecular weight excluding hydrogens is 236 g/mol. The first-order chi connectivity index (χ1) is 9.11. The van der Waals surface area contributed by atoms with Crippen LogP contribution in [0.4, 0.5) is 5.82 Å². The van der Waals surface area contributed by atoms with Gasteiger partial charge >= 0.3 is 0 Å². The molecule has 1 fully saturated rings. The Hall–Kier alpha value is -1.58. The van der Waals surface area contributed by atoms with Crippen LogP contribution in [-0.4, -0.2) is 23.4 Å². The van der Waals surface area contributed by atoms with Gasteiger partial charge in [-0.15, -0.1) is 0 Å². The van der Waals surface area contributed by atoms with Gasteiger partial charge in [-0.3, -0.25) is 5.41 Å². The van der Waals surface area contributed by atoms with Crippen LogP contribution < -0.4 is 10.6 Å². The Morgan fingerprint density at radius 3 is 2.89 bits per heavy atom. The fraction of sp³-hybridized carbons (Fsp3) is 0.600. The van der Waals surface area contributed by atoms with Gasteiger partial charge in [0.05, 0.1) is 0 Å². The summed E-state index contributed by atoms with van der Waals surface area (Å²) in [6.45, 7) is 5.27. The predicted molar refractivity (Wildman–Crippen MR) is 79.9 cm³/mol. The van der Waals surface area contributed by atoms with E-state index in [-0.39, 0.29) is 5.84 Å². The normalized spacial score (nSPS) is 20.1. The Labute approximate surface area is 115 Å². The molecule has 4 heteroatoms. The van der Waals surface area contributed by atoms with Gasteiger partial charge in [0, 0.05) is 23.8 Å². The third-order valence-corrected chi connectivity index (χ3v) is 3.89. The molecule has 4 nitrogen and oxygen atoms in total. The number of nitrogens with two attached hydrogens (primary N) is 1. The van der Waals surface area contributed by atoms with Crippen molar-refractivity contribution in [1.82, 2.24) is 4.98 Å². The lowest BCUT2D eigenvalue weighted by Gasteiger charge is -2.31. The Kier molecular flexibility index (Phi) is 4.40. The lowest BCUT2D eigenvalue weighted by molar-refractivity contribution is 0.552. The Bertz CT molecular complexity index is 455. The van der Waals surface area contributed by atoms with E-state index in [9.17, 15) is 0 Å². The summed E-state index contributed by atoms with van der Waals surface area (Å²) < 4.78 is 0. The van der Waals surface area contributed by atoms with Gasteiger partial charge in [0.25, 0.3) is 0 Å². The molecule has 0 bridgehead atoms. The van der Waals surface area contributed by atoms with Crippen molar-refractivity contribution in [3.63, 3.8) is 0 Å². The highest BCUT2D eigenvalue weighted by molar-refractivity contribution is 5.95. The zero-order valence-electron chi connectivity index (χ0n) is 11.9. The number of aromatic nitrogens is 1. The molecule has 104 valence electrons. The molecular formula is C15H24N4. The van der Waals surface area contributed by atoms with Crippen molar-refractivity contribution in [3.05, 3.63) is 23.4 Å². The van der Waals surface area contributed by atoms with Crippen molar-refractivity contribution >= 4 is 11.7 Å². The second kappa shape index (κ2) is 6.04. The van der Waals surface area contributed by atoms with E-state index in [2.05, 4.69) is 16.8 Å². The summed E-state index contributed by atoms with van der Waals surface area (Å²) in [5.41, 5.74) is 7.33. The molecule has 1 aromatic rings. The maximum absolute atomic E-state index is 7.61. The van der Waals surface area contributed by atoms with Crippen molar-refractivity contribution < 1.29 is 0 Å². The molecule has 2 heterocycles. The SMILES string of the molecule is CCC1CCCCCN1c1cc(C(=N)N)cc(C)n1. The molecule has 2 rings (SSSR count). The first-order valence-electron chi connectivity index (χ1n) is 7.21. The molecule has 1 aromatic heterocycles. The molecule has 0 aromatic carbocycles. The fourth-order valence-electron chi connectivity index (χ4n) is 2.86. The molecule has 0 aliphatic carbocycles. The van der Waals surface area contributed by atoms with E-state index in [1.807, 2.05) is 19.1 Å². The number of pyridine rings is 1. The number of aryl methyl sites for hydroxylation is 1. The predicted octanol–water partition coefficient (Wildman–Crippen LogP) is 2.83. The monoisotopic (exact) mass is 260 g/mol. The molecule has 0 radical (unpaired) electrons. The van der Waals surface area contributed by atoms with Gasteiger partial charge in [0.1, 0.15) is 11.7 Å². The van der Waals surface area contributed by atoms with Crippen LogP contribution in [0.2, 0.25) is 0 Å². The number of hydrogen-bond donors (Lipinski definition) is 2.